The Morgan fingerprint density at radius 2 is 2.23 bits per heavy atom. The summed E-state index contributed by atoms with van der Waals surface area (Å²) in [7, 11) is 2.91. The molecule has 1 N–H and O–H groups in total. The molecule has 0 spiro atoms. The number of pyridine rings is 1. The highest BCUT2D eigenvalue weighted by atomic mass is 16.5. The normalized spacial score (nSPS) is 21.5. The molecule has 1 aliphatic heterocycles. The van der Waals surface area contributed by atoms with Gasteiger partial charge in [0.25, 0.3) is 5.91 Å². The number of amides is 1. The molecule has 7 nitrogen and oxygen atoms in total. The Kier molecular flexibility index (Phi) is 4.97. The molecule has 7 heteroatoms. The third kappa shape index (κ3) is 3.04. The molecule has 1 unspecified atom stereocenters. The van der Waals surface area contributed by atoms with Gasteiger partial charge in [-0.25, -0.2) is 4.98 Å². The number of carbonyl (C=O) groups is 2. The van der Waals surface area contributed by atoms with Gasteiger partial charge in [0.15, 0.2) is 0 Å². The van der Waals surface area contributed by atoms with Crippen LogP contribution in [0.15, 0.2) is 18.3 Å². The lowest BCUT2D eigenvalue weighted by atomic mass is 9.80. The molecule has 1 fully saturated rings. The Morgan fingerprint density at radius 1 is 1.45 bits per heavy atom. The monoisotopic (exact) mass is 308 g/mol. The van der Waals surface area contributed by atoms with E-state index in [1.54, 1.807) is 12.1 Å². The van der Waals surface area contributed by atoms with Crippen LogP contribution in [0.25, 0.3) is 0 Å². The number of carbonyl (C=O) groups excluding carboxylic acids is 1. The van der Waals surface area contributed by atoms with Crippen LogP contribution in [0.5, 0.6) is 5.88 Å². The van der Waals surface area contributed by atoms with Gasteiger partial charge < -0.3 is 19.5 Å². The summed E-state index contributed by atoms with van der Waals surface area (Å²) in [6, 6.07) is 3.28. The smallest absolute Gasteiger partial charge is 0.313 e. The van der Waals surface area contributed by atoms with Gasteiger partial charge >= 0.3 is 5.97 Å². The van der Waals surface area contributed by atoms with Crippen LogP contribution >= 0.6 is 0 Å². The maximum atomic E-state index is 12.7. The molecule has 1 amide bonds. The number of aromatic nitrogens is 1. The molecule has 0 aromatic carbocycles. The number of rotatable bonds is 5. The van der Waals surface area contributed by atoms with Gasteiger partial charge in [-0.1, -0.05) is 0 Å². The van der Waals surface area contributed by atoms with Crippen LogP contribution in [-0.4, -0.2) is 60.8 Å². The standard InChI is InChI=1S/C15H20N2O5/c1-21-10-15(14(19)20)6-4-8-17(9-15)13(18)11-5-3-7-16-12(11)22-2/h3,5,7H,4,6,8-10H2,1-2H3,(H,19,20). The van der Waals surface area contributed by atoms with E-state index < -0.39 is 11.4 Å². The second-order valence-corrected chi connectivity index (χ2v) is 5.41. The van der Waals surface area contributed by atoms with Gasteiger partial charge in [0.2, 0.25) is 5.88 Å². The highest BCUT2D eigenvalue weighted by Gasteiger charge is 2.44. The van der Waals surface area contributed by atoms with Gasteiger partial charge in [0.1, 0.15) is 11.0 Å². The number of hydrogen-bond acceptors (Lipinski definition) is 5. The Hall–Kier alpha value is -2.15. The van der Waals surface area contributed by atoms with Crippen LogP contribution < -0.4 is 4.74 Å². The fraction of sp³-hybridized carbons (Fsp3) is 0.533. The number of piperidine rings is 1. The lowest BCUT2D eigenvalue weighted by Gasteiger charge is -2.39. The molecule has 1 saturated heterocycles. The summed E-state index contributed by atoms with van der Waals surface area (Å²) < 4.78 is 10.2. The van der Waals surface area contributed by atoms with Crippen molar-refractivity contribution >= 4 is 11.9 Å². The summed E-state index contributed by atoms with van der Waals surface area (Å²) in [5.41, 5.74) is -0.721. The van der Waals surface area contributed by atoms with Crippen LogP contribution in [0.2, 0.25) is 0 Å². The number of carboxylic acid groups (broad SMARTS) is 1. The Labute approximate surface area is 128 Å². The zero-order valence-corrected chi connectivity index (χ0v) is 12.7. The molecular formula is C15H20N2O5. The van der Waals surface area contributed by atoms with E-state index >= 15 is 0 Å². The highest BCUT2D eigenvalue weighted by Crippen LogP contribution is 2.32. The van der Waals surface area contributed by atoms with Crippen molar-refractivity contribution in [2.24, 2.45) is 5.41 Å². The quantitative estimate of drug-likeness (QED) is 0.874. The maximum absolute atomic E-state index is 12.7. The second-order valence-electron chi connectivity index (χ2n) is 5.41. The summed E-state index contributed by atoms with van der Waals surface area (Å²) >= 11 is 0. The second kappa shape index (κ2) is 6.74. The van der Waals surface area contributed by atoms with Gasteiger partial charge in [-0.15, -0.1) is 0 Å². The van der Waals surface area contributed by atoms with Gasteiger partial charge in [0, 0.05) is 26.4 Å². The van der Waals surface area contributed by atoms with Gasteiger partial charge in [-0.05, 0) is 25.0 Å². The third-order valence-electron chi connectivity index (χ3n) is 3.93. The molecule has 1 aliphatic rings. The van der Waals surface area contributed by atoms with E-state index in [1.165, 1.54) is 25.3 Å². The SMILES string of the molecule is COCC1(C(=O)O)CCCN(C(=O)c2cccnc2OC)C1. The molecule has 0 bridgehead atoms. The molecule has 2 rings (SSSR count). The van der Waals surface area contributed by atoms with Crippen LogP contribution in [0.3, 0.4) is 0 Å². The first-order valence-electron chi connectivity index (χ1n) is 7.05. The number of methoxy groups -OCH3 is 2. The summed E-state index contributed by atoms with van der Waals surface area (Å²) in [6.45, 7) is 0.707. The van der Waals surface area contributed by atoms with Crippen molar-refractivity contribution in [1.29, 1.82) is 0 Å². The van der Waals surface area contributed by atoms with Crippen molar-refractivity contribution in [3.63, 3.8) is 0 Å². The van der Waals surface area contributed by atoms with E-state index in [0.717, 1.165) is 0 Å². The van der Waals surface area contributed by atoms with Crippen LogP contribution in [0, 0.1) is 5.41 Å². The minimum Gasteiger partial charge on any atom is -0.481 e. The Morgan fingerprint density at radius 3 is 2.86 bits per heavy atom. The van der Waals surface area contributed by atoms with Gasteiger partial charge in [-0.3, -0.25) is 9.59 Å². The predicted octanol–water partition coefficient (Wildman–Crippen LogP) is 1.04. The highest BCUT2D eigenvalue weighted by molar-refractivity contribution is 5.96. The zero-order chi connectivity index (χ0) is 16.2. The maximum Gasteiger partial charge on any atom is 0.313 e. The van der Waals surface area contributed by atoms with E-state index in [1.807, 2.05) is 0 Å². The largest absolute Gasteiger partial charge is 0.481 e. The van der Waals surface area contributed by atoms with Gasteiger partial charge in [0.05, 0.1) is 13.7 Å². The summed E-state index contributed by atoms with van der Waals surface area (Å²) in [5, 5.41) is 9.54. The van der Waals surface area contributed by atoms with Crippen molar-refractivity contribution in [2.75, 3.05) is 33.9 Å². The minimum atomic E-state index is -1.06. The predicted molar refractivity (Wildman–Crippen MR) is 77.9 cm³/mol. The summed E-state index contributed by atoms with van der Waals surface area (Å²) in [5.74, 6) is -0.970. The number of likely N-dealkylation sites (tertiary alicyclic amines) is 1. The van der Waals surface area contributed by atoms with Crippen LogP contribution in [0.4, 0.5) is 0 Å². The van der Waals surface area contributed by atoms with Crippen molar-refractivity contribution in [3.05, 3.63) is 23.9 Å². The molecule has 0 saturated carbocycles. The molecule has 0 radical (unpaired) electrons. The first-order valence-corrected chi connectivity index (χ1v) is 7.05. The molecule has 1 atom stereocenters. The van der Waals surface area contributed by atoms with Crippen molar-refractivity contribution in [3.8, 4) is 5.88 Å². The zero-order valence-electron chi connectivity index (χ0n) is 12.7. The molecule has 120 valence electrons. The number of aliphatic carboxylic acids is 1. The first kappa shape index (κ1) is 16.2. The molecule has 22 heavy (non-hydrogen) atoms. The van der Waals surface area contributed by atoms with E-state index in [-0.39, 0.29) is 24.9 Å². The average molecular weight is 308 g/mol. The van der Waals surface area contributed by atoms with Gasteiger partial charge in [-0.2, -0.15) is 0 Å². The molecule has 1 aromatic heterocycles. The van der Waals surface area contributed by atoms with Crippen LogP contribution in [0.1, 0.15) is 23.2 Å². The summed E-state index contributed by atoms with van der Waals surface area (Å²) in [4.78, 5) is 29.9. The topological polar surface area (TPSA) is 89.0 Å². The van der Waals surface area contributed by atoms with Crippen LogP contribution in [-0.2, 0) is 9.53 Å². The molecule has 2 heterocycles. The van der Waals surface area contributed by atoms with E-state index in [4.69, 9.17) is 9.47 Å². The fourth-order valence-corrected chi connectivity index (χ4v) is 2.82. The van der Waals surface area contributed by atoms with Crippen molar-refractivity contribution in [2.45, 2.75) is 12.8 Å². The Balaban J connectivity index is 2.25. The molecule has 1 aromatic rings. The molecular weight excluding hydrogens is 288 g/mol. The lowest BCUT2D eigenvalue weighted by Crippen LogP contribution is -2.52. The van der Waals surface area contributed by atoms with Crippen molar-refractivity contribution in [1.82, 2.24) is 9.88 Å². The van der Waals surface area contributed by atoms with Crippen molar-refractivity contribution < 1.29 is 24.2 Å². The minimum absolute atomic E-state index is 0.0797. The lowest BCUT2D eigenvalue weighted by molar-refractivity contribution is -0.155. The summed E-state index contributed by atoms with van der Waals surface area (Å²) in [6.07, 6.45) is 2.65. The number of carboxylic acids is 1. The third-order valence-corrected chi connectivity index (χ3v) is 3.93. The molecule has 0 aliphatic carbocycles. The fourth-order valence-electron chi connectivity index (χ4n) is 2.82. The van der Waals surface area contributed by atoms with E-state index in [0.29, 0.717) is 24.9 Å². The number of hydrogen-bond donors (Lipinski definition) is 1. The van der Waals surface area contributed by atoms with E-state index in [9.17, 15) is 14.7 Å². The average Bonchev–Trinajstić information content (AvgIpc) is 2.54. The number of nitrogens with zero attached hydrogens (tertiary/aromatic N) is 2. The Bertz CT molecular complexity index is 559. The number of ether oxygens (including phenoxy) is 2. The first-order chi connectivity index (χ1) is 10.5. The van der Waals surface area contributed by atoms with E-state index in [2.05, 4.69) is 4.98 Å².